The van der Waals surface area contributed by atoms with Gasteiger partial charge in [-0.1, -0.05) is 59.3 Å². The van der Waals surface area contributed by atoms with Crippen LogP contribution in [0, 0.1) is 6.92 Å². The van der Waals surface area contributed by atoms with Gasteiger partial charge in [0.1, 0.15) is 5.76 Å². The van der Waals surface area contributed by atoms with E-state index >= 15 is 0 Å². The molecule has 4 rings (SSSR count). The summed E-state index contributed by atoms with van der Waals surface area (Å²) in [4.78, 5) is 19.2. The lowest BCUT2D eigenvalue weighted by atomic mass is 10.0. The highest BCUT2D eigenvalue weighted by atomic mass is 16.5. The van der Waals surface area contributed by atoms with E-state index in [0.717, 1.165) is 16.7 Å². The summed E-state index contributed by atoms with van der Waals surface area (Å²) in [6.45, 7) is 2.20. The van der Waals surface area contributed by atoms with Crippen LogP contribution in [0.4, 0.5) is 0 Å². The minimum atomic E-state index is -0.173. The Hall–Kier alpha value is -3.93. The van der Waals surface area contributed by atoms with Gasteiger partial charge in [0.25, 0.3) is 5.91 Å². The standard InChI is InChI=1S/C24H21N3O3/c1-17-8-6-11-19(14-17)23-25-22(30-26-23)16-27(2)24(28)21(15-20-12-7-13-29-20)18-9-4-3-5-10-18/h3-15H,16H2,1-2H3/b21-15+. The van der Waals surface area contributed by atoms with Gasteiger partial charge in [0.15, 0.2) is 0 Å². The summed E-state index contributed by atoms with van der Waals surface area (Å²) >= 11 is 0. The lowest BCUT2D eigenvalue weighted by Gasteiger charge is -2.17. The van der Waals surface area contributed by atoms with Crippen molar-refractivity contribution in [2.45, 2.75) is 13.5 Å². The summed E-state index contributed by atoms with van der Waals surface area (Å²) in [5.74, 6) is 1.31. The van der Waals surface area contributed by atoms with Crippen molar-refractivity contribution in [1.82, 2.24) is 15.0 Å². The minimum Gasteiger partial charge on any atom is -0.465 e. The van der Waals surface area contributed by atoms with Gasteiger partial charge in [-0.05, 0) is 36.8 Å². The quantitative estimate of drug-likeness (QED) is 0.434. The number of benzene rings is 2. The van der Waals surface area contributed by atoms with Gasteiger partial charge in [-0.25, -0.2) is 0 Å². The van der Waals surface area contributed by atoms with Gasteiger partial charge in [0, 0.05) is 12.6 Å². The fraction of sp³-hybridized carbons (Fsp3) is 0.125. The second-order valence-corrected chi connectivity index (χ2v) is 6.98. The Labute approximate surface area is 174 Å². The highest BCUT2D eigenvalue weighted by Gasteiger charge is 2.20. The molecule has 0 N–H and O–H groups in total. The summed E-state index contributed by atoms with van der Waals surface area (Å²) in [5, 5.41) is 4.05. The SMILES string of the molecule is Cc1cccc(-c2noc(CN(C)C(=O)/C(=C/c3ccco3)c3ccccc3)n2)c1. The Morgan fingerprint density at radius 3 is 2.63 bits per heavy atom. The molecule has 0 saturated carbocycles. The summed E-state index contributed by atoms with van der Waals surface area (Å²) in [5.41, 5.74) is 3.31. The molecule has 0 atom stereocenters. The van der Waals surface area contributed by atoms with Crippen LogP contribution >= 0.6 is 0 Å². The zero-order valence-electron chi connectivity index (χ0n) is 16.8. The zero-order valence-corrected chi connectivity index (χ0v) is 16.8. The molecule has 30 heavy (non-hydrogen) atoms. The van der Waals surface area contributed by atoms with E-state index in [1.54, 1.807) is 30.4 Å². The van der Waals surface area contributed by atoms with Crippen molar-refractivity contribution in [1.29, 1.82) is 0 Å². The van der Waals surface area contributed by atoms with Crippen LogP contribution in [0.5, 0.6) is 0 Å². The number of aryl methyl sites for hydroxylation is 1. The maximum absolute atomic E-state index is 13.2. The van der Waals surface area contributed by atoms with Gasteiger partial charge in [-0.2, -0.15) is 4.98 Å². The lowest BCUT2D eigenvalue weighted by Crippen LogP contribution is -2.27. The molecule has 0 fully saturated rings. The van der Waals surface area contributed by atoms with Crippen LogP contribution in [0.2, 0.25) is 0 Å². The first-order chi connectivity index (χ1) is 14.6. The average Bonchev–Trinajstić information content (AvgIpc) is 3.44. The van der Waals surface area contributed by atoms with Crippen molar-refractivity contribution in [2.24, 2.45) is 0 Å². The molecule has 0 saturated heterocycles. The lowest BCUT2D eigenvalue weighted by molar-refractivity contribution is -0.124. The van der Waals surface area contributed by atoms with Crippen LogP contribution in [0.1, 0.15) is 22.8 Å². The second kappa shape index (κ2) is 8.61. The van der Waals surface area contributed by atoms with E-state index in [1.807, 2.05) is 67.6 Å². The van der Waals surface area contributed by atoms with Crippen LogP contribution in [0.15, 0.2) is 81.9 Å². The van der Waals surface area contributed by atoms with Crippen LogP contribution in [-0.2, 0) is 11.3 Å². The van der Waals surface area contributed by atoms with E-state index in [1.165, 1.54) is 0 Å². The first-order valence-corrected chi connectivity index (χ1v) is 9.56. The third-order valence-corrected chi connectivity index (χ3v) is 4.61. The van der Waals surface area contributed by atoms with Crippen LogP contribution in [0.25, 0.3) is 23.0 Å². The Balaban J connectivity index is 1.56. The molecule has 2 heterocycles. The van der Waals surface area contributed by atoms with Crippen molar-refractivity contribution >= 4 is 17.6 Å². The molecule has 1 amide bonds. The van der Waals surface area contributed by atoms with E-state index in [2.05, 4.69) is 10.1 Å². The molecule has 0 aliphatic carbocycles. The second-order valence-electron chi connectivity index (χ2n) is 6.98. The van der Waals surface area contributed by atoms with Gasteiger partial charge in [0.05, 0.1) is 18.4 Å². The average molecular weight is 399 g/mol. The highest BCUT2D eigenvalue weighted by molar-refractivity contribution is 6.23. The van der Waals surface area contributed by atoms with Crippen molar-refractivity contribution < 1.29 is 13.7 Å². The van der Waals surface area contributed by atoms with Crippen molar-refractivity contribution in [3.05, 3.63) is 95.8 Å². The number of rotatable bonds is 6. The Morgan fingerprint density at radius 2 is 1.90 bits per heavy atom. The molecule has 0 unspecified atom stereocenters. The number of amides is 1. The number of hydrogen-bond acceptors (Lipinski definition) is 5. The van der Waals surface area contributed by atoms with E-state index in [-0.39, 0.29) is 12.5 Å². The van der Waals surface area contributed by atoms with E-state index in [9.17, 15) is 4.79 Å². The smallest absolute Gasteiger partial charge is 0.254 e. The number of furan rings is 1. The maximum atomic E-state index is 13.2. The number of aromatic nitrogens is 2. The van der Waals surface area contributed by atoms with Gasteiger partial charge in [-0.3, -0.25) is 4.79 Å². The molecule has 4 aromatic rings. The zero-order chi connectivity index (χ0) is 20.9. The molecule has 6 nitrogen and oxygen atoms in total. The van der Waals surface area contributed by atoms with E-state index < -0.39 is 0 Å². The van der Waals surface area contributed by atoms with Gasteiger partial charge >= 0.3 is 0 Å². The molecule has 0 spiro atoms. The largest absolute Gasteiger partial charge is 0.465 e. The van der Waals surface area contributed by atoms with Crippen LogP contribution < -0.4 is 0 Å². The normalized spacial score (nSPS) is 11.5. The van der Waals surface area contributed by atoms with Crippen LogP contribution in [0.3, 0.4) is 0 Å². The van der Waals surface area contributed by atoms with E-state index in [0.29, 0.717) is 23.0 Å². The monoisotopic (exact) mass is 399 g/mol. The molecule has 0 aliphatic heterocycles. The van der Waals surface area contributed by atoms with E-state index in [4.69, 9.17) is 8.94 Å². The molecule has 0 bridgehead atoms. The molecule has 150 valence electrons. The van der Waals surface area contributed by atoms with Gasteiger partial charge < -0.3 is 13.8 Å². The third kappa shape index (κ3) is 4.38. The first kappa shape index (κ1) is 19.4. The summed E-state index contributed by atoms with van der Waals surface area (Å²) < 4.78 is 10.8. The number of nitrogens with zero attached hydrogens (tertiary/aromatic N) is 3. The summed E-state index contributed by atoms with van der Waals surface area (Å²) in [6, 6.07) is 20.9. The number of carbonyl (C=O) groups excluding carboxylic acids is 1. The Kier molecular flexibility index (Phi) is 5.57. The summed E-state index contributed by atoms with van der Waals surface area (Å²) in [7, 11) is 1.71. The molecular weight excluding hydrogens is 378 g/mol. The maximum Gasteiger partial charge on any atom is 0.254 e. The number of carbonyl (C=O) groups is 1. The highest BCUT2D eigenvalue weighted by Crippen LogP contribution is 2.22. The predicted octanol–water partition coefficient (Wildman–Crippen LogP) is 4.84. The summed E-state index contributed by atoms with van der Waals surface area (Å²) in [6.07, 6.45) is 3.31. The van der Waals surface area contributed by atoms with Crippen LogP contribution in [-0.4, -0.2) is 28.0 Å². The van der Waals surface area contributed by atoms with Gasteiger partial charge in [-0.15, -0.1) is 0 Å². The predicted molar refractivity (Wildman–Crippen MR) is 114 cm³/mol. The Bertz CT molecular complexity index is 1160. The minimum absolute atomic E-state index is 0.173. The number of hydrogen-bond donors (Lipinski definition) is 0. The molecule has 2 aromatic heterocycles. The van der Waals surface area contributed by atoms with Crippen molar-refractivity contribution in [3.63, 3.8) is 0 Å². The fourth-order valence-corrected chi connectivity index (χ4v) is 3.10. The first-order valence-electron chi connectivity index (χ1n) is 9.56. The molecule has 0 aliphatic rings. The third-order valence-electron chi connectivity index (χ3n) is 4.61. The molecule has 0 radical (unpaired) electrons. The van der Waals surface area contributed by atoms with Crippen molar-refractivity contribution in [2.75, 3.05) is 7.05 Å². The number of likely N-dealkylation sites (N-methyl/N-ethyl adjacent to an activating group) is 1. The molecule has 2 aromatic carbocycles. The van der Waals surface area contributed by atoms with Crippen molar-refractivity contribution in [3.8, 4) is 11.4 Å². The fourth-order valence-electron chi connectivity index (χ4n) is 3.10. The van der Waals surface area contributed by atoms with Gasteiger partial charge in [0.2, 0.25) is 11.7 Å². The topological polar surface area (TPSA) is 72.4 Å². The Morgan fingerprint density at radius 1 is 1.07 bits per heavy atom. The molecular formula is C24H21N3O3. The molecule has 6 heteroatoms.